The van der Waals surface area contributed by atoms with E-state index in [1.54, 1.807) is 48.2 Å². The summed E-state index contributed by atoms with van der Waals surface area (Å²) in [5.41, 5.74) is 0.680. The molecule has 2 aromatic heterocycles. The Hall–Kier alpha value is -3.53. The Morgan fingerprint density at radius 2 is 1.85 bits per heavy atom. The van der Waals surface area contributed by atoms with E-state index in [0.29, 0.717) is 22.3 Å². The van der Waals surface area contributed by atoms with E-state index in [-0.39, 0.29) is 5.69 Å². The second kappa shape index (κ2) is 9.14. The van der Waals surface area contributed by atoms with Crippen LogP contribution in [0.15, 0.2) is 76.5 Å². The Morgan fingerprint density at radius 1 is 1.09 bits per heavy atom. The number of nitrogens with zero attached hydrogens (tertiary/aromatic N) is 3. The zero-order valence-corrected chi connectivity index (χ0v) is 18.4. The minimum atomic E-state index is -4.51. The highest BCUT2D eigenvalue weighted by Crippen LogP contribution is 2.37. The third kappa shape index (κ3) is 4.95. The van der Waals surface area contributed by atoms with Crippen molar-refractivity contribution in [1.29, 1.82) is 0 Å². The van der Waals surface area contributed by atoms with E-state index in [1.165, 1.54) is 12.1 Å². The van der Waals surface area contributed by atoms with Gasteiger partial charge in [-0.1, -0.05) is 48.2 Å². The highest BCUT2D eigenvalue weighted by atomic mass is 32.2. The van der Waals surface area contributed by atoms with Gasteiger partial charge < -0.3 is 14.3 Å². The SMILES string of the molecule is Cc1occc1-c1nnc(SC(C(=O)Nc2cccc(C(F)(F)F)c2)c2ccccc2)n1C. The molecule has 1 unspecified atom stereocenters. The standard InChI is InChI=1S/C23H19F3N4O2S/c1-14-18(11-12-32-14)20-28-29-22(30(20)2)33-19(15-7-4-3-5-8-15)21(31)27-17-10-6-9-16(13-17)23(24,25)26/h3-13,19H,1-2H3,(H,27,31). The van der Waals surface area contributed by atoms with Crippen molar-refractivity contribution in [3.63, 3.8) is 0 Å². The molecular weight excluding hydrogens is 453 g/mol. The number of anilines is 1. The van der Waals surface area contributed by atoms with E-state index in [9.17, 15) is 18.0 Å². The van der Waals surface area contributed by atoms with Gasteiger partial charge >= 0.3 is 6.18 Å². The summed E-state index contributed by atoms with van der Waals surface area (Å²) in [6.07, 6.45) is -2.95. The fourth-order valence-corrected chi connectivity index (χ4v) is 4.26. The summed E-state index contributed by atoms with van der Waals surface area (Å²) in [5.74, 6) is 0.785. The van der Waals surface area contributed by atoms with Gasteiger partial charge in [-0.3, -0.25) is 4.79 Å². The number of aromatic nitrogens is 3. The quantitative estimate of drug-likeness (QED) is 0.355. The highest BCUT2D eigenvalue weighted by molar-refractivity contribution is 8.00. The molecule has 0 aliphatic heterocycles. The molecule has 0 aliphatic rings. The van der Waals surface area contributed by atoms with Gasteiger partial charge in [-0.15, -0.1) is 10.2 Å². The van der Waals surface area contributed by atoms with Crippen molar-refractivity contribution in [2.75, 3.05) is 5.32 Å². The predicted molar refractivity (Wildman–Crippen MR) is 119 cm³/mol. The van der Waals surface area contributed by atoms with Gasteiger partial charge in [0.2, 0.25) is 5.91 Å². The van der Waals surface area contributed by atoms with Crippen LogP contribution in [0.5, 0.6) is 0 Å². The molecule has 2 aromatic carbocycles. The molecule has 33 heavy (non-hydrogen) atoms. The normalized spacial score (nSPS) is 12.5. The van der Waals surface area contributed by atoms with Gasteiger partial charge in [0.25, 0.3) is 0 Å². The number of benzene rings is 2. The number of furan rings is 1. The Balaban J connectivity index is 1.63. The molecule has 4 rings (SSSR count). The number of carbonyl (C=O) groups is 1. The maximum atomic E-state index is 13.2. The van der Waals surface area contributed by atoms with Crippen molar-refractivity contribution >= 4 is 23.4 Å². The van der Waals surface area contributed by atoms with E-state index in [1.807, 2.05) is 13.0 Å². The fraction of sp³-hybridized carbons (Fsp3) is 0.174. The van der Waals surface area contributed by atoms with Gasteiger partial charge in [0, 0.05) is 12.7 Å². The Kier molecular flexibility index (Phi) is 6.28. The number of rotatable bonds is 6. The number of aryl methyl sites for hydroxylation is 1. The summed E-state index contributed by atoms with van der Waals surface area (Å²) in [7, 11) is 1.77. The summed E-state index contributed by atoms with van der Waals surface area (Å²) in [5, 5.41) is 10.7. The van der Waals surface area contributed by atoms with Crippen LogP contribution in [-0.4, -0.2) is 20.7 Å². The molecule has 0 spiro atoms. The minimum absolute atomic E-state index is 0.0593. The first-order valence-electron chi connectivity index (χ1n) is 9.87. The topological polar surface area (TPSA) is 72.9 Å². The van der Waals surface area contributed by atoms with Gasteiger partial charge in [-0.05, 0) is 36.8 Å². The average Bonchev–Trinajstić information content (AvgIpc) is 3.37. The third-order valence-electron chi connectivity index (χ3n) is 4.96. The van der Waals surface area contributed by atoms with Crippen molar-refractivity contribution < 1.29 is 22.4 Å². The van der Waals surface area contributed by atoms with Gasteiger partial charge in [-0.2, -0.15) is 13.2 Å². The lowest BCUT2D eigenvalue weighted by Gasteiger charge is -2.17. The van der Waals surface area contributed by atoms with Crippen LogP contribution in [-0.2, 0) is 18.0 Å². The Bertz CT molecular complexity index is 1270. The zero-order chi connectivity index (χ0) is 23.6. The summed E-state index contributed by atoms with van der Waals surface area (Å²) in [6.45, 7) is 1.81. The van der Waals surface area contributed by atoms with Crippen LogP contribution in [0.1, 0.15) is 22.1 Å². The smallest absolute Gasteiger partial charge is 0.416 e. The van der Waals surface area contributed by atoms with Crippen molar-refractivity contribution in [2.24, 2.45) is 7.05 Å². The second-order valence-corrected chi connectivity index (χ2v) is 8.30. The van der Waals surface area contributed by atoms with Crippen molar-refractivity contribution in [3.05, 3.63) is 83.8 Å². The Labute approximate surface area is 191 Å². The van der Waals surface area contributed by atoms with Crippen LogP contribution >= 0.6 is 11.8 Å². The van der Waals surface area contributed by atoms with Crippen LogP contribution in [0.4, 0.5) is 18.9 Å². The molecule has 1 N–H and O–H groups in total. The van der Waals surface area contributed by atoms with Crippen LogP contribution < -0.4 is 5.32 Å². The third-order valence-corrected chi connectivity index (χ3v) is 6.24. The number of nitrogens with one attached hydrogen (secondary N) is 1. The first-order chi connectivity index (χ1) is 15.7. The van der Waals surface area contributed by atoms with Gasteiger partial charge in [-0.25, -0.2) is 0 Å². The van der Waals surface area contributed by atoms with Crippen LogP contribution in [0.2, 0.25) is 0 Å². The molecule has 4 aromatic rings. The van der Waals surface area contributed by atoms with Crippen LogP contribution in [0, 0.1) is 6.92 Å². The number of hydrogen-bond donors (Lipinski definition) is 1. The van der Waals surface area contributed by atoms with Gasteiger partial charge in [0.15, 0.2) is 11.0 Å². The predicted octanol–water partition coefficient (Wildman–Crippen LogP) is 5.87. The lowest BCUT2D eigenvalue weighted by molar-refractivity contribution is -0.137. The number of alkyl halides is 3. The van der Waals surface area contributed by atoms with Crippen molar-refractivity contribution in [1.82, 2.24) is 14.8 Å². The number of thioether (sulfide) groups is 1. The maximum Gasteiger partial charge on any atom is 0.416 e. The van der Waals surface area contributed by atoms with Crippen LogP contribution in [0.3, 0.4) is 0 Å². The van der Waals surface area contributed by atoms with Crippen LogP contribution in [0.25, 0.3) is 11.4 Å². The Morgan fingerprint density at radius 3 is 2.52 bits per heavy atom. The van der Waals surface area contributed by atoms with E-state index in [2.05, 4.69) is 15.5 Å². The zero-order valence-electron chi connectivity index (χ0n) is 17.6. The molecule has 1 amide bonds. The lowest BCUT2D eigenvalue weighted by Crippen LogP contribution is -2.20. The van der Waals surface area contributed by atoms with Gasteiger partial charge in [0.05, 0.1) is 17.4 Å². The number of hydrogen-bond acceptors (Lipinski definition) is 5. The molecule has 0 fully saturated rings. The molecular formula is C23H19F3N4O2S. The molecule has 1 atom stereocenters. The molecule has 0 saturated carbocycles. The monoisotopic (exact) mass is 472 g/mol. The fourth-order valence-electron chi connectivity index (χ4n) is 3.26. The van der Waals surface area contributed by atoms with E-state index in [0.717, 1.165) is 29.5 Å². The van der Waals surface area contributed by atoms with E-state index >= 15 is 0 Å². The first-order valence-corrected chi connectivity index (χ1v) is 10.8. The summed E-state index contributed by atoms with van der Waals surface area (Å²) >= 11 is 1.15. The first kappa shape index (κ1) is 22.7. The molecule has 2 heterocycles. The summed E-state index contributed by atoms with van der Waals surface area (Å²) in [4.78, 5) is 13.2. The molecule has 6 nitrogen and oxygen atoms in total. The summed E-state index contributed by atoms with van der Waals surface area (Å²) < 4.78 is 46.3. The lowest BCUT2D eigenvalue weighted by atomic mass is 10.1. The summed E-state index contributed by atoms with van der Waals surface area (Å²) in [6, 6.07) is 15.3. The maximum absolute atomic E-state index is 13.2. The highest BCUT2D eigenvalue weighted by Gasteiger charge is 2.31. The molecule has 0 radical (unpaired) electrons. The average molecular weight is 472 g/mol. The van der Waals surface area contributed by atoms with Crippen molar-refractivity contribution in [2.45, 2.75) is 23.5 Å². The van der Waals surface area contributed by atoms with E-state index in [4.69, 9.17) is 4.42 Å². The second-order valence-electron chi connectivity index (χ2n) is 7.23. The number of carbonyl (C=O) groups excluding carboxylic acids is 1. The number of halogens is 3. The van der Waals surface area contributed by atoms with E-state index < -0.39 is 22.9 Å². The number of amides is 1. The molecule has 0 aliphatic carbocycles. The molecule has 0 saturated heterocycles. The largest absolute Gasteiger partial charge is 0.469 e. The molecule has 170 valence electrons. The van der Waals surface area contributed by atoms with Gasteiger partial charge in [0.1, 0.15) is 11.0 Å². The molecule has 0 bridgehead atoms. The molecule has 10 heteroatoms. The van der Waals surface area contributed by atoms with Crippen molar-refractivity contribution in [3.8, 4) is 11.4 Å². The minimum Gasteiger partial charge on any atom is -0.469 e.